The molecule has 2 bridgehead atoms. The zero-order valence-electron chi connectivity index (χ0n) is 15.5. The van der Waals surface area contributed by atoms with Gasteiger partial charge >= 0.3 is 0 Å². The van der Waals surface area contributed by atoms with Crippen LogP contribution in [0.1, 0.15) is 65.4 Å². The molecule has 0 amide bonds. The third-order valence-electron chi connectivity index (χ3n) is 6.23. The number of hydrogen-bond donors (Lipinski definition) is 1. The van der Waals surface area contributed by atoms with Crippen LogP contribution in [0.15, 0.2) is 30.3 Å². The molecule has 1 aromatic rings. The quantitative estimate of drug-likeness (QED) is 0.800. The number of fused-ring (bicyclic) bond motifs is 2. The summed E-state index contributed by atoms with van der Waals surface area (Å²) in [7, 11) is 0. The van der Waals surface area contributed by atoms with E-state index < -0.39 is 11.2 Å². The van der Waals surface area contributed by atoms with Gasteiger partial charge in [0.05, 0.1) is 12.2 Å². The molecule has 1 aromatic carbocycles. The van der Waals surface area contributed by atoms with E-state index in [2.05, 4.69) is 39.8 Å². The van der Waals surface area contributed by atoms with E-state index in [9.17, 15) is 5.11 Å². The zero-order valence-corrected chi connectivity index (χ0v) is 15.5. The number of aliphatic hydroxyl groups is 1. The third kappa shape index (κ3) is 2.61. The molecule has 0 spiro atoms. The molecule has 3 heteroatoms. The van der Waals surface area contributed by atoms with E-state index in [0.717, 1.165) is 37.7 Å². The van der Waals surface area contributed by atoms with E-state index in [1.165, 1.54) is 0 Å². The van der Waals surface area contributed by atoms with Gasteiger partial charge in [-0.1, -0.05) is 63.9 Å². The van der Waals surface area contributed by atoms with Crippen LogP contribution < -0.4 is 0 Å². The van der Waals surface area contributed by atoms with E-state index in [1.807, 2.05) is 18.2 Å². The molecule has 0 aromatic heterocycles. The van der Waals surface area contributed by atoms with Crippen molar-refractivity contribution in [2.75, 3.05) is 0 Å². The van der Waals surface area contributed by atoms with E-state index in [-0.39, 0.29) is 17.6 Å². The van der Waals surface area contributed by atoms with E-state index in [4.69, 9.17) is 9.47 Å². The first kappa shape index (κ1) is 17.9. The van der Waals surface area contributed by atoms with Crippen LogP contribution in [0.25, 0.3) is 0 Å². The van der Waals surface area contributed by atoms with Gasteiger partial charge in [-0.15, -0.1) is 0 Å². The van der Waals surface area contributed by atoms with Crippen LogP contribution >= 0.6 is 0 Å². The van der Waals surface area contributed by atoms with Crippen molar-refractivity contribution in [3.63, 3.8) is 0 Å². The van der Waals surface area contributed by atoms with Gasteiger partial charge in [-0.2, -0.15) is 0 Å². The summed E-state index contributed by atoms with van der Waals surface area (Å²) in [5.74, 6) is 0.270. The van der Waals surface area contributed by atoms with Crippen LogP contribution in [0.2, 0.25) is 0 Å². The summed E-state index contributed by atoms with van der Waals surface area (Å²) < 4.78 is 12.9. The highest BCUT2D eigenvalue weighted by Crippen LogP contribution is 2.61. The van der Waals surface area contributed by atoms with Gasteiger partial charge in [-0.25, -0.2) is 0 Å². The molecule has 2 aliphatic heterocycles. The lowest BCUT2D eigenvalue weighted by atomic mass is 9.63. The Kier molecular flexibility index (Phi) is 4.80. The Labute approximate surface area is 146 Å². The Morgan fingerprint density at radius 2 is 1.96 bits per heavy atom. The van der Waals surface area contributed by atoms with Crippen LogP contribution in [-0.2, 0) is 16.1 Å². The van der Waals surface area contributed by atoms with Gasteiger partial charge in [0, 0.05) is 0 Å². The predicted octanol–water partition coefficient (Wildman–Crippen LogP) is 4.47. The van der Waals surface area contributed by atoms with Crippen molar-refractivity contribution < 1.29 is 14.6 Å². The smallest absolute Gasteiger partial charge is 0.123 e. The van der Waals surface area contributed by atoms with Gasteiger partial charge in [-0.3, -0.25) is 0 Å². The number of rotatable bonds is 7. The SMILES string of the molecule is CCCCC1(O)[C@@H](OCc2ccccc2)[C@]2(C)CC[C@@]1(C(C)C)O2. The molecule has 0 radical (unpaired) electrons. The van der Waals surface area contributed by atoms with Gasteiger partial charge in [0.25, 0.3) is 0 Å². The fourth-order valence-electron chi connectivity index (χ4n) is 4.93. The Hall–Kier alpha value is -0.900. The van der Waals surface area contributed by atoms with E-state index >= 15 is 0 Å². The summed E-state index contributed by atoms with van der Waals surface area (Å²) in [5, 5.41) is 11.8. The van der Waals surface area contributed by atoms with Crippen LogP contribution in [0.4, 0.5) is 0 Å². The minimum absolute atomic E-state index is 0.270. The minimum Gasteiger partial charge on any atom is -0.384 e. The molecule has 24 heavy (non-hydrogen) atoms. The number of benzene rings is 1. The molecule has 134 valence electrons. The van der Waals surface area contributed by atoms with Gasteiger partial charge in [0.2, 0.25) is 0 Å². The highest BCUT2D eigenvalue weighted by Gasteiger charge is 2.74. The van der Waals surface area contributed by atoms with Crippen molar-refractivity contribution in [1.82, 2.24) is 0 Å². The second-order valence-corrected chi connectivity index (χ2v) is 8.16. The van der Waals surface area contributed by atoms with Gasteiger partial charge in [0.1, 0.15) is 17.3 Å². The maximum absolute atomic E-state index is 11.8. The normalized spacial score (nSPS) is 38.2. The monoisotopic (exact) mass is 332 g/mol. The minimum atomic E-state index is -0.904. The molecule has 4 atom stereocenters. The summed E-state index contributed by atoms with van der Waals surface area (Å²) in [6.07, 6.45) is 4.42. The van der Waals surface area contributed by atoms with Gasteiger partial charge < -0.3 is 14.6 Å². The lowest BCUT2D eigenvalue weighted by molar-refractivity contribution is -0.175. The summed E-state index contributed by atoms with van der Waals surface area (Å²) in [6, 6.07) is 10.2. The van der Waals surface area contributed by atoms with Crippen molar-refractivity contribution >= 4 is 0 Å². The molecular weight excluding hydrogens is 300 g/mol. The van der Waals surface area contributed by atoms with Crippen molar-refractivity contribution in [2.45, 2.75) is 89.3 Å². The molecule has 2 fully saturated rings. The summed E-state index contributed by atoms with van der Waals surface area (Å²) in [5.41, 5.74) is -0.626. The summed E-state index contributed by atoms with van der Waals surface area (Å²) in [6.45, 7) is 9.15. The maximum atomic E-state index is 11.8. The van der Waals surface area contributed by atoms with Crippen LogP contribution in [0.3, 0.4) is 0 Å². The first-order valence-electron chi connectivity index (χ1n) is 9.46. The number of unbranched alkanes of at least 4 members (excludes halogenated alkanes) is 1. The maximum Gasteiger partial charge on any atom is 0.123 e. The average molecular weight is 332 g/mol. The molecule has 1 unspecified atom stereocenters. The average Bonchev–Trinajstić information content (AvgIpc) is 3.02. The molecule has 1 N–H and O–H groups in total. The second kappa shape index (κ2) is 6.44. The standard InChI is InChI=1S/C21H32O3/c1-5-6-12-20(22)18(23-15-17-10-8-7-9-11-17)19(4)13-14-21(20,24-19)16(2)3/h7-11,16,18,22H,5-6,12-15H2,1-4H3/t18-,19-,20?,21-/m0/s1. The van der Waals surface area contributed by atoms with E-state index in [0.29, 0.717) is 6.61 Å². The Bertz CT molecular complexity index is 557. The molecule has 2 aliphatic rings. The largest absolute Gasteiger partial charge is 0.384 e. The molecule has 3 rings (SSSR count). The molecule has 2 heterocycles. The summed E-state index contributed by atoms with van der Waals surface area (Å²) in [4.78, 5) is 0. The first-order chi connectivity index (χ1) is 11.4. The highest BCUT2D eigenvalue weighted by atomic mass is 16.6. The highest BCUT2D eigenvalue weighted by molar-refractivity contribution is 5.24. The number of ether oxygens (including phenoxy) is 2. The first-order valence-corrected chi connectivity index (χ1v) is 9.46. The molecular formula is C21H32O3. The lowest BCUT2D eigenvalue weighted by Crippen LogP contribution is -2.62. The molecule has 2 saturated heterocycles. The van der Waals surface area contributed by atoms with Gasteiger partial charge in [-0.05, 0) is 37.7 Å². The van der Waals surface area contributed by atoms with Crippen LogP contribution in [0, 0.1) is 5.92 Å². The Morgan fingerprint density at radius 3 is 2.58 bits per heavy atom. The lowest BCUT2D eigenvalue weighted by Gasteiger charge is -2.47. The predicted molar refractivity (Wildman–Crippen MR) is 95.8 cm³/mol. The molecule has 0 aliphatic carbocycles. The molecule has 3 nitrogen and oxygen atoms in total. The fourth-order valence-corrected chi connectivity index (χ4v) is 4.93. The zero-order chi connectivity index (χ0) is 17.4. The van der Waals surface area contributed by atoms with Crippen LogP contribution in [-0.4, -0.2) is 28.0 Å². The second-order valence-electron chi connectivity index (χ2n) is 8.16. The number of hydrogen-bond acceptors (Lipinski definition) is 3. The van der Waals surface area contributed by atoms with Gasteiger partial charge in [0.15, 0.2) is 0 Å². The van der Waals surface area contributed by atoms with Crippen molar-refractivity contribution in [3.8, 4) is 0 Å². The fraction of sp³-hybridized carbons (Fsp3) is 0.714. The van der Waals surface area contributed by atoms with E-state index in [1.54, 1.807) is 0 Å². The Balaban J connectivity index is 1.87. The summed E-state index contributed by atoms with van der Waals surface area (Å²) >= 11 is 0. The van der Waals surface area contributed by atoms with Crippen molar-refractivity contribution in [2.24, 2.45) is 5.92 Å². The van der Waals surface area contributed by atoms with Crippen molar-refractivity contribution in [3.05, 3.63) is 35.9 Å². The topological polar surface area (TPSA) is 38.7 Å². The van der Waals surface area contributed by atoms with Crippen LogP contribution in [0.5, 0.6) is 0 Å². The van der Waals surface area contributed by atoms with Crippen molar-refractivity contribution in [1.29, 1.82) is 0 Å². The molecule has 0 saturated carbocycles. The third-order valence-corrected chi connectivity index (χ3v) is 6.23. The Morgan fingerprint density at radius 1 is 1.25 bits per heavy atom.